The van der Waals surface area contributed by atoms with Crippen molar-refractivity contribution in [2.24, 2.45) is 0 Å². The summed E-state index contributed by atoms with van der Waals surface area (Å²) in [7, 11) is 1.62. The highest BCUT2D eigenvalue weighted by molar-refractivity contribution is 8.00. The predicted octanol–water partition coefficient (Wildman–Crippen LogP) is 2.51. The third kappa shape index (κ3) is 4.61. The number of thioether (sulfide) groups is 1. The van der Waals surface area contributed by atoms with Gasteiger partial charge in [0, 0.05) is 23.9 Å². The highest BCUT2D eigenvalue weighted by Crippen LogP contribution is 2.18. The average molecular weight is 251 g/mol. The number of carbonyl (C=O) groups is 2. The Morgan fingerprint density at radius 2 is 1.88 bits per heavy atom. The number of benzene rings is 1. The topological polar surface area (TPSA) is 46.2 Å². The van der Waals surface area contributed by atoms with Crippen LogP contribution in [0.15, 0.2) is 29.2 Å². The van der Waals surface area contributed by atoms with Gasteiger partial charge in [0.15, 0.2) is 5.78 Å². The highest BCUT2D eigenvalue weighted by atomic mass is 32.2. The average Bonchev–Trinajstić information content (AvgIpc) is 2.36. The normalized spacial score (nSPS) is 10.0. The van der Waals surface area contributed by atoms with Crippen molar-refractivity contribution in [2.75, 3.05) is 12.8 Å². The molecule has 0 bridgehead atoms. The first kappa shape index (κ1) is 13.8. The molecule has 0 unspecified atom stereocenters. The largest absolute Gasteiger partial charge is 0.358 e. The summed E-state index contributed by atoms with van der Waals surface area (Å²) in [6.45, 7) is 1.99. The van der Waals surface area contributed by atoms with Crippen LogP contribution in [0.4, 0.5) is 0 Å². The van der Waals surface area contributed by atoms with Crippen molar-refractivity contribution in [2.45, 2.75) is 24.7 Å². The zero-order valence-corrected chi connectivity index (χ0v) is 11.0. The van der Waals surface area contributed by atoms with Crippen LogP contribution in [0.2, 0.25) is 0 Å². The van der Waals surface area contributed by atoms with Crippen LogP contribution in [0, 0.1) is 0 Å². The number of Topliss-reactive ketones (excluding diaryl/α,β-unsaturated/α-hetero) is 1. The molecule has 0 spiro atoms. The van der Waals surface area contributed by atoms with Gasteiger partial charge >= 0.3 is 0 Å². The van der Waals surface area contributed by atoms with Gasteiger partial charge in [-0.15, -0.1) is 11.8 Å². The third-order valence-corrected chi connectivity index (χ3v) is 3.31. The monoisotopic (exact) mass is 251 g/mol. The molecule has 0 aliphatic heterocycles. The summed E-state index contributed by atoms with van der Waals surface area (Å²) >= 11 is 1.46. The molecule has 1 aromatic rings. The fourth-order valence-corrected chi connectivity index (χ4v) is 2.10. The maximum absolute atomic E-state index is 11.6. The summed E-state index contributed by atoms with van der Waals surface area (Å²) in [6.07, 6.45) is 1.46. The lowest BCUT2D eigenvalue weighted by atomic mass is 10.1. The molecule has 3 nitrogen and oxygen atoms in total. The molecular weight excluding hydrogens is 234 g/mol. The molecule has 0 aliphatic carbocycles. The smallest absolute Gasteiger partial charge is 0.230 e. The number of amides is 1. The zero-order chi connectivity index (χ0) is 12.7. The Balaban J connectivity index is 2.56. The van der Waals surface area contributed by atoms with E-state index in [-0.39, 0.29) is 11.7 Å². The lowest BCUT2D eigenvalue weighted by molar-refractivity contribution is -0.118. The van der Waals surface area contributed by atoms with Crippen molar-refractivity contribution in [3.8, 4) is 0 Å². The molecule has 4 heteroatoms. The molecule has 0 radical (unpaired) electrons. The first-order valence-electron chi connectivity index (χ1n) is 5.64. The maximum Gasteiger partial charge on any atom is 0.230 e. The van der Waals surface area contributed by atoms with E-state index in [1.165, 1.54) is 11.8 Å². The van der Waals surface area contributed by atoms with E-state index in [1.54, 1.807) is 7.05 Å². The fourth-order valence-electron chi connectivity index (χ4n) is 1.33. The standard InChI is InChI=1S/C13H17NO2S/c1-3-4-12(15)10-5-7-11(8-6-10)17-9-13(16)14-2/h5-8H,3-4,9H2,1-2H3,(H,14,16). The van der Waals surface area contributed by atoms with Crippen molar-refractivity contribution in [1.29, 1.82) is 0 Å². The Hall–Kier alpha value is -1.29. The molecule has 0 saturated heterocycles. The number of carbonyl (C=O) groups excluding carboxylic acids is 2. The van der Waals surface area contributed by atoms with E-state index in [4.69, 9.17) is 0 Å². The molecule has 1 amide bonds. The van der Waals surface area contributed by atoms with Crippen molar-refractivity contribution in [1.82, 2.24) is 5.32 Å². The second-order valence-corrected chi connectivity index (χ2v) is 4.71. The molecule has 0 aliphatic rings. The lowest BCUT2D eigenvalue weighted by Crippen LogP contribution is -2.19. The van der Waals surface area contributed by atoms with Crippen LogP contribution in [0.5, 0.6) is 0 Å². The van der Waals surface area contributed by atoms with Gasteiger partial charge in [0.1, 0.15) is 0 Å². The number of hydrogen-bond donors (Lipinski definition) is 1. The van der Waals surface area contributed by atoms with Gasteiger partial charge in [0.25, 0.3) is 0 Å². The molecule has 1 rings (SSSR count). The zero-order valence-electron chi connectivity index (χ0n) is 10.2. The predicted molar refractivity (Wildman–Crippen MR) is 70.5 cm³/mol. The number of ketones is 1. The molecule has 0 saturated carbocycles. The Morgan fingerprint density at radius 1 is 1.24 bits per heavy atom. The van der Waals surface area contributed by atoms with Gasteiger partial charge < -0.3 is 5.32 Å². The lowest BCUT2D eigenvalue weighted by Gasteiger charge is -2.03. The highest BCUT2D eigenvalue weighted by Gasteiger charge is 2.05. The van der Waals surface area contributed by atoms with E-state index in [1.807, 2.05) is 31.2 Å². The van der Waals surface area contributed by atoms with Crippen molar-refractivity contribution in [3.63, 3.8) is 0 Å². The number of nitrogens with one attached hydrogen (secondary N) is 1. The number of rotatable bonds is 6. The molecule has 0 aromatic heterocycles. The summed E-state index contributed by atoms with van der Waals surface area (Å²) in [5, 5.41) is 2.57. The van der Waals surface area contributed by atoms with Gasteiger partial charge in [-0.05, 0) is 18.6 Å². The van der Waals surface area contributed by atoms with Gasteiger partial charge in [-0.2, -0.15) is 0 Å². The quantitative estimate of drug-likeness (QED) is 0.624. The minimum Gasteiger partial charge on any atom is -0.358 e. The van der Waals surface area contributed by atoms with Crippen LogP contribution in [0.25, 0.3) is 0 Å². The van der Waals surface area contributed by atoms with Crippen LogP contribution in [0.1, 0.15) is 30.1 Å². The second-order valence-electron chi connectivity index (χ2n) is 3.66. The summed E-state index contributed by atoms with van der Waals surface area (Å²) in [6, 6.07) is 7.42. The molecule has 0 fully saturated rings. The summed E-state index contributed by atoms with van der Waals surface area (Å²) < 4.78 is 0. The minimum atomic E-state index is 0.00105. The van der Waals surface area contributed by atoms with E-state index in [2.05, 4.69) is 5.32 Å². The minimum absolute atomic E-state index is 0.00105. The second kappa shape index (κ2) is 7.12. The van der Waals surface area contributed by atoms with Crippen molar-refractivity contribution < 1.29 is 9.59 Å². The molecule has 1 N–H and O–H groups in total. The molecule has 92 valence electrons. The Morgan fingerprint density at radius 3 is 2.41 bits per heavy atom. The fraction of sp³-hybridized carbons (Fsp3) is 0.385. The van der Waals surface area contributed by atoms with E-state index >= 15 is 0 Å². The van der Waals surface area contributed by atoms with Crippen molar-refractivity contribution in [3.05, 3.63) is 29.8 Å². The summed E-state index contributed by atoms with van der Waals surface area (Å²) in [5.74, 6) is 0.579. The Bertz CT molecular complexity index is 387. The van der Waals surface area contributed by atoms with Gasteiger partial charge in [-0.3, -0.25) is 9.59 Å². The van der Waals surface area contributed by atoms with E-state index < -0.39 is 0 Å². The van der Waals surface area contributed by atoms with E-state index in [0.717, 1.165) is 16.9 Å². The summed E-state index contributed by atoms with van der Waals surface area (Å²) in [4.78, 5) is 23.7. The Labute approximate surface area is 106 Å². The molecule has 1 aromatic carbocycles. The van der Waals surface area contributed by atoms with E-state index in [9.17, 15) is 9.59 Å². The van der Waals surface area contributed by atoms with Gasteiger partial charge in [0.2, 0.25) is 5.91 Å². The van der Waals surface area contributed by atoms with Gasteiger partial charge in [0.05, 0.1) is 5.75 Å². The SMILES string of the molecule is CCCC(=O)c1ccc(SCC(=O)NC)cc1. The third-order valence-electron chi connectivity index (χ3n) is 2.30. The molecule has 17 heavy (non-hydrogen) atoms. The van der Waals surface area contributed by atoms with E-state index in [0.29, 0.717) is 12.2 Å². The molecule has 0 heterocycles. The van der Waals surface area contributed by atoms with Gasteiger partial charge in [-0.25, -0.2) is 0 Å². The van der Waals surface area contributed by atoms with Crippen LogP contribution >= 0.6 is 11.8 Å². The van der Waals surface area contributed by atoms with Crippen LogP contribution < -0.4 is 5.32 Å². The number of hydrogen-bond acceptors (Lipinski definition) is 3. The van der Waals surface area contributed by atoms with Crippen LogP contribution in [-0.4, -0.2) is 24.5 Å². The first-order chi connectivity index (χ1) is 8.17. The molecular formula is C13H17NO2S. The first-order valence-corrected chi connectivity index (χ1v) is 6.62. The van der Waals surface area contributed by atoms with Gasteiger partial charge in [-0.1, -0.05) is 19.1 Å². The molecule has 0 atom stereocenters. The summed E-state index contributed by atoms with van der Waals surface area (Å²) in [5.41, 5.74) is 0.746. The Kier molecular flexibility index (Phi) is 5.77. The van der Waals surface area contributed by atoms with Crippen molar-refractivity contribution >= 4 is 23.5 Å². The van der Waals surface area contributed by atoms with Crippen LogP contribution in [0.3, 0.4) is 0 Å². The van der Waals surface area contributed by atoms with Crippen LogP contribution in [-0.2, 0) is 4.79 Å². The maximum atomic E-state index is 11.6.